The van der Waals surface area contributed by atoms with E-state index < -0.39 is 5.97 Å². The summed E-state index contributed by atoms with van der Waals surface area (Å²) in [6.45, 7) is 1.09. The number of aliphatic hydroxyl groups is 1. The number of hydrogen-bond donors (Lipinski definition) is 1. The predicted molar refractivity (Wildman–Crippen MR) is 70.1 cm³/mol. The maximum absolute atomic E-state index is 11.3. The monoisotopic (exact) mass is 265 g/mol. The molecule has 0 bridgehead atoms. The SMILES string of the molecule is COC(=O)c1cnc(N2CCCCC2CCO)cn1. The highest BCUT2D eigenvalue weighted by Gasteiger charge is 2.23. The topological polar surface area (TPSA) is 75.5 Å². The van der Waals surface area contributed by atoms with Crippen molar-refractivity contribution in [1.29, 1.82) is 0 Å². The van der Waals surface area contributed by atoms with Crippen LogP contribution in [0.1, 0.15) is 36.2 Å². The third-order valence-corrected chi connectivity index (χ3v) is 3.42. The zero-order valence-electron chi connectivity index (χ0n) is 11.1. The fourth-order valence-corrected chi connectivity index (χ4v) is 2.43. The average molecular weight is 265 g/mol. The summed E-state index contributed by atoms with van der Waals surface area (Å²) in [4.78, 5) is 21.8. The molecule has 0 amide bonds. The summed E-state index contributed by atoms with van der Waals surface area (Å²) in [5, 5.41) is 9.11. The molecule has 0 aliphatic carbocycles. The molecule has 1 fully saturated rings. The second kappa shape index (κ2) is 6.47. The molecule has 0 radical (unpaired) electrons. The number of hydrogen-bond acceptors (Lipinski definition) is 6. The van der Waals surface area contributed by atoms with Gasteiger partial charge >= 0.3 is 5.97 Å². The lowest BCUT2D eigenvalue weighted by Gasteiger charge is -2.36. The molecule has 0 spiro atoms. The third kappa shape index (κ3) is 3.20. The van der Waals surface area contributed by atoms with E-state index in [1.54, 1.807) is 6.20 Å². The van der Waals surface area contributed by atoms with Crippen molar-refractivity contribution < 1.29 is 14.6 Å². The Morgan fingerprint density at radius 3 is 2.95 bits per heavy atom. The van der Waals surface area contributed by atoms with Crippen molar-refractivity contribution in [1.82, 2.24) is 9.97 Å². The van der Waals surface area contributed by atoms with Gasteiger partial charge in [-0.3, -0.25) is 0 Å². The first-order valence-electron chi connectivity index (χ1n) is 6.54. The van der Waals surface area contributed by atoms with Gasteiger partial charge in [0.25, 0.3) is 0 Å². The van der Waals surface area contributed by atoms with Crippen LogP contribution in [0, 0.1) is 0 Å². The normalized spacial score (nSPS) is 19.3. The lowest BCUT2D eigenvalue weighted by Crippen LogP contribution is -2.40. The van der Waals surface area contributed by atoms with Crippen LogP contribution in [0.4, 0.5) is 5.82 Å². The van der Waals surface area contributed by atoms with Gasteiger partial charge < -0.3 is 14.7 Å². The van der Waals surface area contributed by atoms with Gasteiger partial charge in [-0.15, -0.1) is 0 Å². The second-order valence-electron chi connectivity index (χ2n) is 4.61. The largest absolute Gasteiger partial charge is 0.464 e. The van der Waals surface area contributed by atoms with Crippen molar-refractivity contribution in [2.75, 3.05) is 25.2 Å². The molecule has 2 heterocycles. The van der Waals surface area contributed by atoms with Crippen LogP contribution in [-0.2, 0) is 4.74 Å². The fraction of sp³-hybridized carbons (Fsp3) is 0.615. The van der Waals surface area contributed by atoms with Gasteiger partial charge in [0.05, 0.1) is 19.5 Å². The van der Waals surface area contributed by atoms with E-state index in [2.05, 4.69) is 19.6 Å². The molecule has 2 rings (SSSR count). The van der Waals surface area contributed by atoms with Gasteiger partial charge in [0, 0.05) is 19.2 Å². The van der Waals surface area contributed by atoms with Crippen LogP contribution in [0.15, 0.2) is 12.4 Å². The second-order valence-corrected chi connectivity index (χ2v) is 4.61. The van der Waals surface area contributed by atoms with E-state index in [1.165, 1.54) is 19.7 Å². The van der Waals surface area contributed by atoms with Crippen LogP contribution in [0.3, 0.4) is 0 Å². The molecule has 6 nitrogen and oxygen atoms in total. The number of aromatic nitrogens is 2. The van der Waals surface area contributed by atoms with Crippen molar-refractivity contribution in [3.63, 3.8) is 0 Å². The van der Waals surface area contributed by atoms with Crippen molar-refractivity contribution in [3.05, 3.63) is 18.1 Å². The van der Waals surface area contributed by atoms with Crippen molar-refractivity contribution in [3.8, 4) is 0 Å². The van der Waals surface area contributed by atoms with Gasteiger partial charge in [0.1, 0.15) is 5.82 Å². The maximum atomic E-state index is 11.3. The molecular weight excluding hydrogens is 246 g/mol. The van der Waals surface area contributed by atoms with Gasteiger partial charge in [-0.1, -0.05) is 0 Å². The van der Waals surface area contributed by atoms with E-state index in [0.29, 0.717) is 6.04 Å². The molecule has 1 aliphatic rings. The molecule has 1 aromatic heterocycles. The lowest BCUT2D eigenvalue weighted by molar-refractivity contribution is 0.0593. The molecule has 19 heavy (non-hydrogen) atoms. The molecule has 0 aromatic carbocycles. The van der Waals surface area contributed by atoms with E-state index >= 15 is 0 Å². The first-order valence-corrected chi connectivity index (χ1v) is 6.54. The molecule has 1 unspecified atom stereocenters. The van der Waals surface area contributed by atoms with Crippen LogP contribution in [0.2, 0.25) is 0 Å². The maximum Gasteiger partial charge on any atom is 0.358 e. The first kappa shape index (κ1) is 13.7. The average Bonchev–Trinajstić information content (AvgIpc) is 2.47. The lowest BCUT2D eigenvalue weighted by atomic mass is 10.00. The molecular formula is C13H19N3O3. The number of piperidine rings is 1. The summed E-state index contributed by atoms with van der Waals surface area (Å²) < 4.78 is 4.59. The quantitative estimate of drug-likeness (QED) is 0.819. The number of anilines is 1. The molecule has 0 saturated carbocycles. The number of methoxy groups -OCH3 is 1. The molecule has 1 aliphatic heterocycles. The molecule has 1 saturated heterocycles. The Kier molecular flexibility index (Phi) is 4.68. The Hall–Kier alpha value is -1.69. The van der Waals surface area contributed by atoms with Gasteiger partial charge in [-0.05, 0) is 25.7 Å². The summed E-state index contributed by atoms with van der Waals surface area (Å²) in [5.41, 5.74) is 0.210. The van der Waals surface area contributed by atoms with Gasteiger partial charge in [-0.25, -0.2) is 14.8 Å². The Morgan fingerprint density at radius 2 is 2.32 bits per heavy atom. The van der Waals surface area contributed by atoms with Crippen LogP contribution in [0.25, 0.3) is 0 Å². The van der Waals surface area contributed by atoms with E-state index in [-0.39, 0.29) is 12.3 Å². The smallest absolute Gasteiger partial charge is 0.358 e. The molecule has 1 N–H and O–H groups in total. The minimum Gasteiger partial charge on any atom is -0.464 e. The van der Waals surface area contributed by atoms with Crippen LogP contribution in [-0.4, -0.2) is 47.3 Å². The minimum absolute atomic E-state index is 0.175. The van der Waals surface area contributed by atoms with Crippen molar-refractivity contribution in [2.24, 2.45) is 0 Å². The van der Waals surface area contributed by atoms with E-state index in [1.807, 2.05) is 0 Å². The van der Waals surface area contributed by atoms with Crippen molar-refractivity contribution >= 4 is 11.8 Å². The fourth-order valence-electron chi connectivity index (χ4n) is 2.43. The Morgan fingerprint density at radius 1 is 1.47 bits per heavy atom. The number of aliphatic hydroxyl groups excluding tert-OH is 1. The highest BCUT2D eigenvalue weighted by atomic mass is 16.5. The Balaban J connectivity index is 2.13. The Bertz CT molecular complexity index is 420. The highest BCUT2D eigenvalue weighted by Crippen LogP contribution is 2.24. The van der Waals surface area contributed by atoms with E-state index in [9.17, 15) is 4.79 Å². The zero-order valence-corrected chi connectivity index (χ0v) is 11.1. The predicted octanol–water partition coefficient (Wildman–Crippen LogP) is 1.00. The number of esters is 1. The highest BCUT2D eigenvalue weighted by molar-refractivity contribution is 5.86. The summed E-state index contributed by atoms with van der Waals surface area (Å²) in [5.74, 6) is 0.274. The van der Waals surface area contributed by atoms with Gasteiger partial charge in [0.2, 0.25) is 0 Å². The molecule has 6 heteroatoms. The summed E-state index contributed by atoms with van der Waals surface area (Å²) in [7, 11) is 1.32. The number of ether oxygens (including phenoxy) is 1. The first-order chi connectivity index (χ1) is 9.26. The number of carbonyl (C=O) groups is 1. The number of carbonyl (C=O) groups excluding carboxylic acids is 1. The van der Waals surface area contributed by atoms with Crippen LogP contribution < -0.4 is 4.90 Å². The van der Waals surface area contributed by atoms with Crippen LogP contribution >= 0.6 is 0 Å². The Labute approximate surface area is 112 Å². The molecule has 104 valence electrons. The summed E-state index contributed by atoms with van der Waals surface area (Å²) in [6, 6.07) is 0.303. The van der Waals surface area contributed by atoms with E-state index in [0.717, 1.165) is 31.6 Å². The van der Waals surface area contributed by atoms with Crippen molar-refractivity contribution in [2.45, 2.75) is 31.7 Å². The van der Waals surface area contributed by atoms with Gasteiger partial charge in [-0.2, -0.15) is 0 Å². The number of nitrogens with zero attached hydrogens (tertiary/aromatic N) is 3. The number of rotatable bonds is 4. The standard InChI is InChI=1S/C13H19N3O3/c1-19-13(18)11-8-15-12(9-14-11)16-6-3-2-4-10(16)5-7-17/h8-10,17H,2-7H2,1H3. The summed E-state index contributed by atoms with van der Waals surface area (Å²) >= 11 is 0. The van der Waals surface area contributed by atoms with E-state index in [4.69, 9.17) is 5.11 Å². The third-order valence-electron chi connectivity index (χ3n) is 3.42. The van der Waals surface area contributed by atoms with Gasteiger partial charge in [0.15, 0.2) is 5.69 Å². The molecule has 1 atom stereocenters. The minimum atomic E-state index is -0.482. The zero-order chi connectivity index (χ0) is 13.7. The molecule has 1 aromatic rings. The van der Waals surface area contributed by atoms with Crippen LogP contribution in [0.5, 0.6) is 0 Å². The summed E-state index contributed by atoms with van der Waals surface area (Å²) in [6.07, 6.45) is 7.12.